The average Bonchev–Trinajstić information content (AvgIpc) is 3.43. The van der Waals surface area contributed by atoms with Crippen LogP contribution in [0, 0.1) is 5.82 Å². The van der Waals surface area contributed by atoms with Crippen LogP contribution in [0.5, 0.6) is 11.5 Å². The predicted molar refractivity (Wildman–Crippen MR) is 154 cm³/mol. The van der Waals surface area contributed by atoms with Crippen molar-refractivity contribution in [2.75, 3.05) is 13.2 Å². The highest BCUT2D eigenvalue weighted by atomic mass is 35.5. The summed E-state index contributed by atoms with van der Waals surface area (Å²) in [6.45, 7) is 12.9. The van der Waals surface area contributed by atoms with Gasteiger partial charge in [-0.1, -0.05) is 34.5 Å². The van der Waals surface area contributed by atoms with Crippen LogP contribution in [0.1, 0.15) is 48.5 Å². The molecule has 0 aliphatic carbocycles. The number of benzene rings is 2. The number of amides is 1. The third-order valence-corrected chi connectivity index (χ3v) is 7.39. The lowest BCUT2D eigenvalue weighted by molar-refractivity contribution is -0.0637. The van der Waals surface area contributed by atoms with Crippen LogP contribution in [0.25, 0.3) is 21.1 Å². The first-order chi connectivity index (χ1) is 18.6. The van der Waals surface area contributed by atoms with Gasteiger partial charge in [0.15, 0.2) is 11.6 Å². The van der Waals surface area contributed by atoms with Gasteiger partial charge in [0.2, 0.25) is 0 Å². The molecule has 1 aliphatic heterocycles. The van der Waals surface area contributed by atoms with E-state index in [1.165, 1.54) is 22.3 Å². The van der Waals surface area contributed by atoms with Crippen LogP contribution in [-0.4, -0.2) is 57.9 Å². The number of rotatable bonds is 7. The first kappa shape index (κ1) is 30.3. The summed E-state index contributed by atoms with van der Waals surface area (Å²) in [5, 5.41) is 10.1. The topological polar surface area (TPSA) is 83.0 Å². The minimum Gasteiger partial charge on any atom is -0.489 e. The fraction of sp³-hybridized carbons (Fsp3) is 0.464. The number of nitrogens with zero attached hydrogens (tertiary/aromatic N) is 3. The molecule has 4 rings (SSSR count). The number of hydrogen-bond acceptors (Lipinski definition) is 8. The number of carbonyl (C=O) groups excluding carboxylic acids is 1. The molecule has 1 atom stereocenters. The molecule has 0 saturated carbocycles. The minimum atomic E-state index is -0.913. The summed E-state index contributed by atoms with van der Waals surface area (Å²) in [5.74, 6) is -0.215. The van der Waals surface area contributed by atoms with Crippen molar-refractivity contribution in [1.82, 2.24) is 15.1 Å². The van der Waals surface area contributed by atoms with Crippen molar-refractivity contribution in [2.45, 2.75) is 71.9 Å². The molecule has 2 heterocycles. The van der Waals surface area contributed by atoms with E-state index in [-0.39, 0.29) is 30.1 Å². The molecule has 3 aromatic rings. The zero-order chi connectivity index (χ0) is 29.4. The molecular formula is C28H32Cl2FN3O5S. The lowest BCUT2D eigenvalue weighted by atomic mass is 10.2. The third-order valence-electron chi connectivity index (χ3n) is 5.80. The van der Waals surface area contributed by atoms with Crippen molar-refractivity contribution in [2.24, 2.45) is 0 Å². The van der Waals surface area contributed by atoms with Crippen molar-refractivity contribution < 1.29 is 28.1 Å². The second-order valence-corrected chi connectivity index (χ2v) is 12.9. The summed E-state index contributed by atoms with van der Waals surface area (Å²) in [7, 11) is 0. The van der Waals surface area contributed by atoms with Crippen LogP contribution >= 0.6 is 34.5 Å². The molecule has 216 valence electrons. The van der Waals surface area contributed by atoms with E-state index < -0.39 is 29.3 Å². The Kier molecular flexibility index (Phi) is 8.85. The maximum absolute atomic E-state index is 15.2. The van der Waals surface area contributed by atoms with E-state index in [1.54, 1.807) is 52.8 Å². The Balaban J connectivity index is 1.49. The quantitative estimate of drug-likeness (QED) is 0.269. The Labute approximate surface area is 247 Å². The Bertz CT molecular complexity index is 1370. The van der Waals surface area contributed by atoms with Gasteiger partial charge in [0, 0.05) is 11.1 Å². The normalized spacial score (nSPS) is 16.9. The van der Waals surface area contributed by atoms with E-state index >= 15 is 4.39 Å². The van der Waals surface area contributed by atoms with Crippen LogP contribution in [-0.2, 0) is 9.47 Å². The van der Waals surface area contributed by atoms with Gasteiger partial charge in [-0.05, 0) is 78.8 Å². The van der Waals surface area contributed by atoms with Gasteiger partial charge in [-0.2, -0.15) is 0 Å². The molecule has 40 heavy (non-hydrogen) atoms. The summed E-state index contributed by atoms with van der Waals surface area (Å²) in [6, 6.07) is 7.73. The molecule has 1 saturated heterocycles. The van der Waals surface area contributed by atoms with Gasteiger partial charge in [-0.25, -0.2) is 9.18 Å². The molecule has 12 heteroatoms. The molecule has 1 aliphatic rings. The van der Waals surface area contributed by atoms with Crippen LogP contribution < -0.4 is 9.47 Å². The molecule has 8 nitrogen and oxygen atoms in total. The molecule has 1 aromatic heterocycles. The minimum absolute atomic E-state index is 0.00895. The maximum Gasteiger partial charge on any atom is 0.413 e. The van der Waals surface area contributed by atoms with Crippen molar-refractivity contribution in [3.05, 3.63) is 46.2 Å². The number of ether oxygens (including phenoxy) is 4. The number of halogens is 3. The van der Waals surface area contributed by atoms with E-state index in [0.717, 1.165) is 5.56 Å². The van der Waals surface area contributed by atoms with E-state index in [9.17, 15) is 4.79 Å². The number of hydrogen-bond donors (Lipinski definition) is 0. The Morgan fingerprint density at radius 1 is 1.15 bits per heavy atom. The smallest absolute Gasteiger partial charge is 0.413 e. The molecule has 2 aromatic carbocycles. The predicted octanol–water partition coefficient (Wildman–Crippen LogP) is 7.86. The Morgan fingerprint density at radius 2 is 1.80 bits per heavy atom. The summed E-state index contributed by atoms with van der Waals surface area (Å²) < 4.78 is 38.0. The van der Waals surface area contributed by atoms with Crippen LogP contribution in [0.2, 0.25) is 10.0 Å². The van der Waals surface area contributed by atoms with Gasteiger partial charge in [-0.15, -0.1) is 10.2 Å². The Morgan fingerprint density at radius 3 is 2.40 bits per heavy atom. The number of carbonyl (C=O) groups is 1. The van der Waals surface area contributed by atoms with Crippen molar-refractivity contribution >= 4 is 40.6 Å². The molecule has 1 fully saturated rings. The molecular weight excluding hydrogens is 580 g/mol. The molecule has 0 radical (unpaired) electrons. The highest BCUT2D eigenvalue weighted by Gasteiger charge is 2.46. The second kappa shape index (κ2) is 11.7. The standard InChI is InChI=1S/C28H32Cl2FN3O5S/c1-15(2)38-22-9-8-16(10-19(22)29)24-32-33-25(40-24)17-11-20(30)23(21(31)12-17)36-13-18-14-37-28(6,7)34(18)26(35)39-27(3,4)5/h8-12,15,18H,13-14H2,1-7H3/t18-/m0/s1. The fourth-order valence-electron chi connectivity index (χ4n) is 4.13. The highest BCUT2D eigenvalue weighted by molar-refractivity contribution is 7.17. The van der Waals surface area contributed by atoms with Crippen LogP contribution in [0.4, 0.5) is 9.18 Å². The first-order valence-corrected chi connectivity index (χ1v) is 14.3. The van der Waals surface area contributed by atoms with Crippen molar-refractivity contribution in [1.29, 1.82) is 0 Å². The van der Waals surface area contributed by atoms with E-state index in [0.29, 0.717) is 26.4 Å². The highest BCUT2D eigenvalue weighted by Crippen LogP contribution is 2.38. The van der Waals surface area contributed by atoms with Gasteiger partial charge in [0.1, 0.15) is 33.7 Å². The third kappa shape index (κ3) is 6.97. The molecule has 0 bridgehead atoms. The lowest BCUT2D eigenvalue weighted by Crippen LogP contribution is -2.51. The van der Waals surface area contributed by atoms with Crippen molar-refractivity contribution in [3.63, 3.8) is 0 Å². The summed E-state index contributed by atoms with van der Waals surface area (Å²) in [5.41, 5.74) is -0.392. The summed E-state index contributed by atoms with van der Waals surface area (Å²) >= 11 is 14.1. The van der Waals surface area contributed by atoms with E-state index in [2.05, 4.69) is 10.2 Å². The average molecular weight is 613 g/mol. The molecule has 1 amide bonds. The monoisotopic (exact) mass is 611 g/mol. The summed E-state index contributed by atoms with van der Waals surface area (Å²) in [4.78, 5) is 14.3. The molecule has 0 unspecified atom stereocenters. The van der Waals surface area contributed by atoms with E-state index in [1.807, 2.05) is 19.9 Å². The Hall–Kier alpha value is -2.66. The zero-order valence-electron chi connectivity index (χ0n) is 23.4. The van der Waals surface area contributed by atoms with Crippen molar-refractivity contribution in [3.8, 4) is 32.6 Å². The maximum atomic E-state index is 15.2. The van der Waals surface area contributed by atoms with E-state index in [4.69, 9.17) is 42.1 Å². The molecule has 0 spiro atoms. The summed E-state index contributed by atoms with van der Waals surface area (Å²) in [6.07, 6.45) is -0.550. The number of aromatic nitrogens is 2. The van der Waals surface area contributed by atoms with Gasteiger partial charge < -0.3 is 18.9 Å². The second-order valence-electron chi connectivity index (χ2n) is 11.1. The van der Waals surface area contributed by atoms with Gasteiger partial charge in [0.05, 0.1) is 28.8 Å². The SMILES string of the molecule is CC(C)Oc1ccc(-c2nnc(-c3cc(F)c(OC[C@H]4COC(C)(C)N4C(=O)OC(C)(C)C)c(Cl)c3)s2)cc1Cl. The fourth-order valence-corrected chi connectivity index (χ4v) is 5.44. The lowest BCUT2D eigenvalue weighted by Gasteiger charge is -2.35. The largest absolute Gasteiger partial charge is 0.489 e. The van der Waals surface area contributed by atoms with Crippen LogP contribution in [0.3, 0.4) is 0 Å². The zero-order valence-corrected chi connectivity index (χ0v) is 25.7. The first-order valence-electron chi connectivity index (χ1n) is 12.7. The van der Waals surface area contributed by atoms with Crippen LogP contribution in [0.15, 0.2) is 30.3 Å². The van der Waals surface area contributed by atoms with Gasteiger partial charge in [0.25, 0.3) is 0 Å². The molecule has 0 N–H and O–H groups in total. The van der Waals surface area contributed by atoms with Gasteiger partial charge >= 0.3 is 6.09 Å². The van der Waals surface area contributed by atoms with Gasteiger partial charge in [-0.3, -0.25) is 4.90 Å².